The molecule has 0 heterocycles. The molecule has 4 nitrogen and oxygen atoms in total. The number of halogens is 17. The van der Waals surface area contributed by atoms with Crippen LogP contribution in [0, 0.1) is 5.41 Å². The van der Waals surface area contributed by atoms with E-state index in [9.17, 15) is 87.8 Å². The number of hydrogen-bond acceptors (Lipinski definition) is 4. The average molecular weight is 729 g/mol. The highest BCUT2D eigenvalue weighted by Crippen LogP contribution is 2.66. The molecule has 0 bridgehead atoms. The zero-order valence-electron chi connectivity index (χ0n) is 22.7. The van der Waals surface area contributed by atoms with E-state index < -0.39 is 89.6 Å². The summed E-state index contributed by atoms with van der Waals surface area (Å²) < 4.78 is 260. The van der Waals surface area contributed by atoms with Crippen LogP contribution in [0.5, 0.6) is 0 Å². The molecule has 0 spiro atoms. The Kier molecular flexibility index (Phi) is 10.6. The van der Waals surface area contributed by atoms with Crippen molar-refractivity contribution in [2.75, 3.05) is 12.0 Å². The van der Waals surface area contributed by atoms with Crippen LogP contribution < -0.4 is 0 Å². The van der Waals surface area contributed by atoms with E-state index in [1.807, 2.05) is 0 Å². The van der Waals surface area contributed by atoms with Gasteiger partial charge >= 0.3 is 57.1 Å². The quantitative estimate of drug-likeness (QED) is 0.189. The Balaban J connectivity index is 3.77. The van der Waals surface area contributed by atoms with E-state index in [1.54, 1.807) is 0 Å². The predicted molar refractivity (Wildman–Crippen MR) is 120 cm³/mol. The molecule has 0 saturated heterocycles. The first-order valence-electron chi connectivity index (χ1n) is 11.9. The van der Waals surface area contributed by atoms with Crippen LogP contribution >= 0.6 is 10.3 Å². The number of alkyl halides is 17. The molecule has 1 saturated carbocycles. The van der Waals surface area contributed by atoms with Gasteiger partial charge in [0.15, 0.2) is 0 Å². The first kappa shape index (κ1) is 40.8. The molecule has 0 aromatic rings. The number of carbonyl (C=O) groups excluding carboxylic acids is 1. The second kappa shape index (κ2) is 11.5. The van der Waals surface area contributed by atoms with Gasteiger partial charge < -0.3 is 0 Å². The minimum absolute atomic E-state index is 0.121. The second-order valence-electron chi connectivity index (χ2n) is 11.1. The van der Waals surface area contributed by atoms with Gasteiger partial charge in [-0.25, -0.2) is 3.63 Å². The molecule has 0 radical (unpaired) electrons. The Morgan fingerprint density at radius 2 is 0.955 bits per heavy atom. The van der Waals surface area contributed by atoms with Gasteiger partial charge in [0.25, 0.3) is 0 Å². The molecule has 1 aliphatic carbocycles. The molecule has 0 aromatic heterocycles. The molecular formula is C21H25F17O4S2. The van der Waals surface area contributed by atoms with Gasteiger partial charge in [0.1, 0.15) is 5.78 Å². The fourth-order valence-electron chi connectivity index (χ4n) is 3.79. The van der Waals surface area contributed by atoms with Crippen LogP contribution in [0.15, 0.2) is 0 Å². The van der Waals surface area contributed by atoms with Gasteiger partial charge in [-0.15, -0.1) is 10.3 Å². The van der Waals surface area contributed by atoms with Crippen molar-refractivity contribution in [3.8, 4) is 0 Å². The van der Waals surface area contributed by atoms with Crippen LogP contribution in [0.3, 0.4) is 0 Å². The lowest BCUT2D eigenvalue weighted by atomic mass is 9.91. The van der Waals surface area contributed by atoms with Gasteiger partial charge in [-0.2, -0.15) is 83.1 Å². The molecule has 1 atom stereocenters. The molecule has 0 aromatic carbocycles. The molecule has 0 N–H and O–H groups in total. The number of ketones is 1. The third kappa shape index (κ3) is 6.22. The lowest BCUT2D eigenvalue weighted by Crippen LogP contribution is -2.75. The van der Waals surface area contributed by atoms with E-state index in [0.717, 1.165) is 0 Å². The van der Waals surface area contributed by atoms with E-state index in [2.05, 4.69) is 3.63 Å². The molecule has 44 heavy (non-hydrogen) atoms. The van der Waals surface area contributed by atoms with Crippen LogP contribution in [0.25, 0.3) is 0 Å². The Labute approximate surface area is 240 Å². The summed E-state index contributed by atoms with van der Waals surface area (Å²) >= 11 is 0. The van der Waals surface area contributed by atoms with Gasteiger partial charge in [0.2, 0.25) is 0 Å². The number of hydrogen-bond donors (Lipinski definition) is 0. The Bertz CT molecular complexity index is 1170. The molecule has 0 amide bonds. The van der Waals surface area contributed by atoms with Gasteiger partial charge in [0, 0.05) is 10.7 Å². The van der Waals surface area contributed by atoms with E-state index in [0.29, 0.717) is 12.7 Å². The molecular weight excluding hydrogens is 703 g/mol. The Morgan fingerprint density at radius 3 is 1.30 bits per heavy atom. The summed E-state index contributed by atoms with van der Waals surface area (Å²) in [6.45, 7) is 3.65. The summed E-state index contributed by atoms with van der Waals surface area (Å²) in [5.74, 6) is -54.2. The van der Waals surface area contributed by atoms with Crippen molar-refractivity contribution >= 4 is 26.2 Å². The van der Waals surface area contributed by atoms with Crippen LogP contribution in [-0.4, -0.2) is 78.4 Å². The molecule has 264 valence electrons. The number of Topliss-reactive ketones (excluding diaryl/α,β-unsaturated/α-hetero) is 1. The average Bonchev–Trinajstić information content (AvgIpc) is 2.82. The highest BCUT2D eigenvalue weighted by Gasteiger charge is 2.96. The zero-order chi connectivity index (χ0) is 35.6. The minimum Gasteiger partial charge on any atom is -0.298 e. The largest absolute Gasteiger partial charge is 0.460 e. The van der Waals surface area contributed by atoms with Gasteiger partial charge in [0.05, 0.1) is 5.75 Å². The number of carbonyl (C=O) groups is 1. The van der Waals surface area contributed by atoms with Crippen LogP contribution in [0.1, 0.15) is 52.9 Å². The Hall–Kier alpha value is -1.26. The highest BCUT2D eigenvalue weighted by atomic mass is 32.3. The van der Waals surface area contributed by atoms with Crippen molar-refractivity contribution in [3.63, 3.8) is 0 Å². The van der Waals surface area contributed by atoms with Crippen molar-refractivity contribution in [2.45, 2.75) is 105 Å². The zero-order valence-corrected chi connectivity index (χ0v) is 24.3. The smallest absolute Gasteiger partial charge is 0.298 e. The van der Waals surface area contributed by atoms with Crippen molar-refractivity contribution in [1.82, 2.24) is 0 Å². The lowest BCUT2D eigenvalue weighted by Gasteiger charge is -2.45. The molecule has 1 unspecified atom stereocenters. The summed E-state index contributed by atoms with van der Waals surface area (Å²) in [5, 5.41) is -8.99. The van der Waals surface area contributed by atoms with E-state index >= 15 is 0 Å². The normalized spacial score (nSPS) is 20.3. The first-order valence-corrected chi connectivity index (χ1v) is 15.5. The van der Waals surface area contributed by atoms with Crippen molar-refractivity contribution in [3.05, 3.63) is 0 Å². The highest BCUT2D eigenvalue weighted by molar-refractivity contribution is 8.33. The van der Waals surface area contributed by atoms with Gasteiger partial charge in [-0.3, -0.25) is 4.79 Å². The van der Waals surface area contributed by atoms with E-state index in [1.165, 1.54) is 20.8 Å². The maximum atomic E-state index is 14.7. The van der Waals surface area contributed by atoms with Crippen molar-refractivity contribution in [2.24, 2.45) is 5.41 Å². The SMILES string of the molecule is CC(C)(C)C(=O)CS(C)(OS(=O)(=O)C(F)(F)C(F)(F)C(F)(F)C(F)(F)C(F)(F)C(F)(F)C(F)(F)C(F)(F)F)C1CCCCC1. The minimum atomic E-state index is -8.93. The first-order chi connectivity index (χ1) is 18.9. The van der Waals surface area contributed by atoms with E-state index in [4.69, 9.17) is 0 Å². The van der Waals surface area contributed by atoms with Crippen LogP contribution in [0.2, 0.25) is 0 Å². The summed E-state index contributed by atoms with van der Waals surface area (Å²) in [6.07, 6.45) is -6.63. The summed E-state index contributed by atoms with van der Waals surface area (Å²) in [4.78, 5) is 12.6. The van der Waals surface area contributed by atoms with Crippen molar-refractivity contribution in [1.29, 1.82) is 0 Å². The molecule has 0 aliphatic heterocycles. The molecule has 1 fully saturated rings. The maximum absolute atomic E-state index is 14.7. The molecule has 23 heteroatoms. The molecule has 1 rings (SSSR count). The summed E-state index contributed by atoms with van der Waals surface area (Å²) in [6, 6.07) is 0. The predicted octanol–water partition coefficient (Wildman–Crippen LogP) is 8.60. The van der Waals surface area contributed by atoms with E-state index in [-0.39, 0.29) is 25.7 Å². The van der Waals surface area contributed by atoms with Gasteiger partial charge in [-0.1, -0.05) is 40.0 Å². The Morgan fingerprint density at radius 1 is 0.614 bits per heavy atom. The topological polar surface area (TPSA) is 60.4 Å². The summed E-state index contributed by atoms with van der Waals surface area (Å²) in [5.41, 5.74) is -1.40. The fourth-order valence-corrected chi connectivity index (χ4v) is 9.37. The maximum Gasteiger partial charge on any atom is 0.460 e. The standard InChI is InChI=1S/C21H25F17O4S2/c1-13(2,3)12(39)10-43(4,11-8-6-5-7-9-11)42-44(40,41)21(37,38)19(32,33)17(28,29)15(24,25)14(22,23)16(26,27)18(30,31)20(34,35)36/h11H,5-10H2,1-4H3. The van der Waals surface area contributed by atoms with Crippen LogP contribution in [0.4, 0.5) is 74.6 Å². The van der Waals surface area contributed by atoms with Gasteiger partial charge in [-0.05, 0) is 19.1 Å². The monoisotopic (exact) mass is 728 g/mol. The number of rotatable bonds is 12. The van der Waals surface area contributed by atoms with Crippen molar-refractivity contribution < 1.29 is 91.5 Å². The second-order valence-corrected chi connectivity index (χ2v) is 16.2. The third-order valence-electron chi connectivity index (χ3n) is 6.76. The third-order valence-corrected chi connectivity index (χ3v) is 12.3. The molecule has 1 aliphatic rings. The lowest BCUT2D eigenvalue weighted by molar-refractivity contribution is -0.458. The fraction of sp³-hybridized carbons (Fsp3) is 0.952. The van der Waals surface area contributed by atoms with Crippen LogP contribution in [-0.2, 0) is 18.5 Å². The summed E-state index contributed by atoms with van der Waals surface area (Å²) in [7, 11) is -11.7.